The number of hydrogen-bond donors (Lipinski definition) is 1. The molecule has 0 spiro atoms. The standard InChI is InChI=1S/C17H28O/c1-13(12-18)5-4-10-17(3)14(2)11-15-6-8-16(17)9-7-15/h5,15-16,18H,2,4,6-12H2,1,3H3. The Kier molecular flexibility index (Phi) is 4.32. The van der Waals surface area contributed by atoms with Crippen LogP contribution in [0.2, 0.25) is 0 Å². The summed E-state index contributed by atoms with van der Waals surface area (Å²) in [5.74, 6) is 1.77. The number of fused-ring (bicyclic) bond motifs is 4. The smallest absolute Gasteiger partial charge is 0.0639 e. The molecule has 0 amide bonds. The Labute approximate surface area is 112 Å². The summed E-state index contributed by atoms with van der Waals surface area (Å²) in [7, 11) is 0. The first-order valence-electron chi connectivity index (χ1n) is 7.51. The molecule has 0 aliphatic heterocycles. The second-order valence-electron chi connectivity index (χ2n) is 6.69. The van der Waals surface area contributed by atoms with E-state index in [4.69, 9.17) is 5.11 Å². The van der Waals surface area contributed by atoms with Gasteiger partial charge in [-0.25, -0.2) is 0 Å². The molecule has 3 fully saturated rings. The largest absolute Gasteiger partial charge is 0.392 e. The molecule has 1 nitrogen and oxygen atoms in total. The molecule has 3 rings (SSSR count). The average Bonchev–Trinajstić information content (AvgIpc) is 2.56. The van der Waals surface area contributed by atoms with Gasteiger partial charge >= 0.3 is 0 Å². The van der Waals surface area contributed by atoms with Gasteiger partial charge in [0.05, 0.1) is 6.61 Å². The second kappa shape index (κ2) is 5.61. The molecule has 102 valence electrons. The highest BCUT2D eigenvalue weighted by molar-refractivity contribution is 5.16. The normalized spacial score (nSPS) is 36.8. The lowest BCUT2D eigenvalue weighted by molar-refractivity contribution is 0.176. The van der Waals surface area contributed by atoms with Gasteiger partial charge in [-0.3, -0.25) is 0 Å². The van der Waals surface area contributed by atoms with Gasteiger partial charge in [0.1, 0.15) is 0 Å². The molecular formula is C17H28O. The molecule has 0 radical (unpaired) electrons. The third kappa shape index (κ3) is 2.71. The van der Waals surface area contributed by atoms with Crippen LogP contribution in [-0.2, 0) is 0 Å². The Bertz CT molecular complexity index is 334. The lowest BCUT2D eigenvalue weighted by Crippen LogP contribution is -2.28. The molecule has 0 aromatic rings. The van der Waals surface area contributed by atoms with Crippen molar-refractivity contribution in [1.82, 2.24) is 0 Å². The van der Waals surface area contributed by atoms with Crippen molar-refractivity contribution in [2.24, 2.45) is 17.3 Å². The summed E-state index contributed by atoms with van der Waals surface area (Å²) in [5, 5.41) is 9.05. The Morgan fingerprint density at radius 2 is 2.06 bits per heavy atom. The molecular weight excluding hydrogens is 220 g/mol. The van der Waals surface area contributed by atoms with Crippen LogP contribution in [0.4, 0.5) is 0 Å². The summed E-state index contributed by atoms with van der Waals surface area (Å²) in [5.41, 5.74) is 2.95. The molecule has 3 aliphatic carbocycles. The molecule has 2 bridgehead atoms. The predicted molar refractivity (Wildman–Crippen MR) is 77.4 cm³/mol. The van der Waals surface area contributed by atoms with E-state index >= 15 is 0 Å². The molecule has 18 heavy (non-hydrogen) atoms. The zero-order valence-electron chi connectivity index (χ0n) is 12.0. The van der Waals surface area contributed by atoms with Crippen molar-refractivity contribution in [3.8, 4) is 0 Å². The van der Waals surface area contributed by atoms with Crippen LogP contribution in [0.15, 0.2) is 23.8 Å². The highest BCUT2D eigenvalue weighted by Crippen LogP contribution is 2.53. The topological polar surface area (TPSA) is 20.2 Å². The highest BCUT2D eigenvalue weighted by atomic mass is 16.3. The Balaban J connectivity index is 2.05. The van der Waals surface area contributed by atoms with Crippen LogP contribution in [0.25, 0.3) is 0 Å². The first kappa shape index (κ1) is 13.9. The molecule has 3 saturated carbocycles. The first-order chi connectivity index (χ1) is 8.56. The number of hydrogen-bond acceptors (Lipinski definition) is 1. The van der Waals surface area contributed by atoms with E-state index < -0.39 is 0 Å². The van der Waals surface area contributed by atoms with Gasteiger partial charge in [-0.15, -0.1) is 0 Å². The van der Waals surface area contributed by atoms with Gasteiger partial charge in [0.15, 0.2) is 0 Å². The first-order valence-corrected chi connectivity index (χ1v) is 7.51. The van der Waals surface area contributed by atoms with Crippen molar-refractivity contribution in [3.05, 3.63) is 23.8 Å². The lowest BCUT2D eigenvalue weighted by Gasteiger charge is -2.38. The lowest BCUT2D eigenvalue weighted by atomic mass is 9.67. The number of aliphatic hydroxyl groups excluding tert-OH is 1. The van der Waals surface area contributed by atoms with E-state index in [2.05, 4.69) is 19.6 Å². The molecule has 0 saturated heterocycles. The summed E-state index contributed by atoms with van der Waals surface area (Å²) >= 11 is 0. The number of aliphatic hydroxyl groups is 1. The van der Waals surface area contributed by atoms with E-state index in [1.807, 2.05) is 6.92 Å². The van der Waals surface area contributed by atoms with Crippen molar-refractivity contribution < 1.29 is 5.11 Å². The number of rotatable bonds is 4. The molecule has 0 aromatic carbocycles. The maximum Gasteiger partial charge on any atom is 0.0639 e. The summed E-state index contributed by atoms with van der Waals surface area (Å²) in [6, 6.07) is 0. The molecule has 1 atom stereocenters. The van der Waals surface area contributed by atoms with Gasteiger partial charge < -0.3 is 5.11 Å². The third-order valence-corrected chi connectivity index (χ3v) is 5.50. The van der Waals surface area contributed by atoms with Gasteiger partial charge in [-0.05, 0) is 69.1 Å². The fourth-order valence-electron chi connectivity index (χ4n) is 3.94. The summed E-state index contributed by atoms with van der Waals surface area (Å²) in [6.07, 6.45) is 11.4. The minimum Gasteiger partial charge on any atom is -0.392 e. The van der Waals surface area contributed by atoms with Crippen LogP contribution in [0.3, 0.4) is 0 Å². The summed E-state index contributed by atoms with van der Waals surface area (Å²) in [6.45, 7) is 9.06. The molecule has 1 unspecified atom stereocenters. The van der Waals surface area contributed by atoms with Gasteiger partial charge in [0.2, 0.25) is 0 Å². The van der Waals surface area contributed by atoms with Crippen LogP contribution in [0.5, 0.6) is 0 Å². The van der Waals surface area contributed by atoms with Gasteiger partial charge in [-0.2, -0.15) is 0 Å². The van der Waals surface area contributed by atoms with Crippen molar-refractivity contribution in [1.29, 1.82) is 0 Å². The van der Waals surface area contributed by atoms with E-state index in [0.29, 0.717) is 5.41 Å². The van der Waals surface area contributed by atoms with Gasteiger partial charge in [0.25, 0.3) is 0 Å². The van der Waals surface area contributed by atoms with E-state index in [1.165, 1.54) is 44.1 Å². The van der Waals surface area contributed by atoms with Gasteiger partial charge in [0, 0.05) is 0 Å². The van der Waals surface area contributed by atoms with Crippen molar-refractivity contribution in [2.45, 2.75) is 58.8 Å². The molecule has 3 aliphatic rings. The Hall–Kier alpha value is -0.560. The highest BCUT2D eigenvalue weighted by Gasteiger charge is 2.42. The zero-order chi connectivity index (χ0) is 13.2. The SMILES string of the molecule is C=C1CC2CCC(CC2)C1(C)CCC=C(C)CO. The predicted octanol–water partition coefficient (Wildman–Crippen LogP) is 4.48. The minimum atomic E-state index is 0.198. The monoisotopic (exact) mass is 248 g/mol. The maximum atomic E-state index is 9.05. The molecule has 0 aromatic heterocycles. The molecule has 1 N–H and O–H groups in total. The maximum absolute atomic E-state index is 9.05. The zero-order valence-corrected chi connectivity index (χ0v) is 12.0. The van der Waals surface area contributed by atoms with Crippen LogP contribution >= 0.6 is 0 Å². The minimum absolute atomic E-state index is 0.198. The van der Waals surface area contributed by atoms with Gasteiger partial charge in [-0.1, -0.05) is 30.7 Å². The summed E-state index contributed by atoms with van der Waals surface area (Å²) < 4.78 is 0. The molecule has 0 heterocycles. The van der Waals surface area contributed by atoms with Crippen LogP contribution in [0, 0.1) is 17.3 Å². The fraction of sp³-hybridized carbons (Fsp3) is 0.765. The fourth-order valence-corrected chi connectivity index (χ4v) is 3.94. The van der Waals surface area contributed by atoms with Crippen molar-refractivity contribution in [3.63, 3.8) is 0 Å². The van der Waals surface area contributed by atoms with Crippen LogP contribution in [0.1, 0.15) is 58.8 Å². The quantitative estimate of drug-likeness (QED) is 0.727. The summed E-state index contributed by atoms with van der Waals surface area (Å²) in [4.78, 5) is 0. The molecule has 1 heteroatoms. The van der Waals surface area contributed by atoms with Crippen molar-refractivity contribution in [2.75, 3.05) is 6.61 Å². The number of allylic oxidation sites excluding steroid dienone is 2. The third-order valence-electron chi connectivity index (χ3n) is 5.50. The van der Waals surface area contributed by atoms with E-state index in [0.717, 1.165) is 23.8 Å². The van der Waals surface area contributed by atoms with Crippen LogP contribution < -0.4 is 0 Å². The Morgan fingerprint density at radius 3 is 2.67 bits per heavy atom. The van der Waals surface area contributed by atoms with E-state index in [9.17, 15) is 0 Å². The van der Waals surface area contributed by atoms with Crippen LogP contribution in [-0.4, -0.2) is 11.7 Å². The Morgan fingerprint density at radius 1 is 1.39 bits per heavy atom. The second-order valence-corrected chi connectivity index (χ2v) is 6.69. The van der Waals surface area contributed by atoms with Crippen molar-refractivity contribution >= 4 is 0 Å². The average molecular weight is 248 g/mol. The van der Waals surface area contributed by atoms with E-state index in [1.54, 1.807) is 0 Å². The van der Waals surface area contributed by atoms with E-state index in [-0.39, 0.29) is 6.61 Å².